The van der Waals surface area contributed by atoms with E-state index < -0.39 is 41.6 Å². The van der Waals surface area contributed by atoms with Crippen molar-refractivity contribution in [2.24, 2.45) is 0 Å². The average Bonchev–Trinajstić information content (AvgIpc) is 3.81. The molecule has 0 bridgehead atoms. The highest BCUT2D eigenvalue weighted by Crippen LogP contribution is 2.30. The van der Waals surface area contributed by atoms with Crippen molar-refractivity contribution in [1.29, 1.82) is 0 Å². The molecule has 57 heavy (non-hydrogen) atoms. The average molecular weight is 948 g/mol. The van der Waals surface area contributed by atoms with Crippen LogP contribution in [0.15, 0.2) is 81.7 Å². The topological polar surface area (TPSA) is 151 Å². The number of benzene rings is 2. The van der Waals surface area contributed by atoms with Gasteiger partial charge in [0.2, 0.25) is 5.91 Å². The van der Waals surface area contributed by atoms with Gasteiger partial charge in [-0.15, -0.1) is 22.7 Å². The quantitative estimate of drug-likeness (QED) is 0.103. The van der Waals surface area contributed by atoms with E-state index in [-0.39, 0.29) is 35.5 Å². The number of rotatable bonds is 12. The molecule has 308 valence electrons. The Balaban J connectivity index is 0.000000321. The van der Waals surface area contributed by atoms with E-state index >= 15 is 0 Å². The number of aliphatic carboxylic acids is 1. The van der Waals surface area contributed by atoms with Gasteiger partial charge in [0, 0.05) is 31.5 Å². The van der Waals surface area contributed by atoms with Crippen LogP contribution < -0.4 is 16.0 Å². The first kappa shape index (κ1) is 47.5. The SMILES string of the molecule is CC(C)(C)c1ccc(C(=O)N[C@@H](Cc2ccc(Br)cc2)C(=O)O)s1.C[C@@H](NC(=O)[C@H](Cc1ccc(Br)cc1)NC(=O)c1ccc(C(C)(C)C)s1)C(=O)OC(C)(C)C. The highest BCUT2D eigenvalue weighted by Gasteiger charge is 2.29. The fourth-order valence-electron chi connectivity index (χ4n) is 5.07. The van der Waals surface area contributed by atoms with Crippen LogP contribution in [0.5, 0.6) is 0 Å². The van der Waals surface area contributed by atoms with Crippen LogP contribution in [-0.4, -0.2) is 58.5 Å². The number of carboxylic acids is 1. The molecule has 2 aromatic heterocycles. The van der Waals surface area contributed by atoms with E-state index in [4.69, 9.17) is 4.74 Å². The monoisotopic (exact) mass is 945 g/mol. The largest absolute Gasteiger partial charge is 0.480 e. The third-order valence-electron chi connectivity index (χ3n) is 8.19. The van der Waals surface area contributed by atoms with E-state index in [1.165, 1.54) is 22.7 Å². The Morgan fingerprint density at radius 2 is 1.00 bits per heavy atom. The van der Waals surface area contributed by atoms with E-state index in [1.807, 2.05) is 60.7 Å². The molecule has 14 heteroatoms. The number of nitrogens with one attached hydrogen (secondary N) is 3. The smallest absolute Gasteiger partial charge is 0.328 e. The number of amides is 3. The molecule has 10 nitrogen and oxygen atoms in total. The van der Waals surface area contributed by atoms with E-state index in [1.54, 1.807) is 39.8 Å². The van der Waals surface area contributed by atoms with Crippen LogP contribution in [0.3, 0.4) is 0 Å². The lowest BCUT2D eigenvalue weighted by molar-refractivity contribution is -0.158. The summed E-state index contributed by atoms with van der Waals surface area (Å²) in [5.41, 5.74) is 0.968. The Bertz CT molecular complexity index is 2010. The van der Waals surface area contributed by atoms with E-state index in [0.717, 1.165) is 29.8 Å². The molecule has 4 N–H and O–H groups in total. The lowest BCUT2D eigenvalue weighted by Crippen LogP contribution is -2.52. The Morgan fingerprint density at radius 3 is 1.35 bits per heavy atom. The van der Waals surface area contributed by atoms with Gasteiger partial charge in [-0.1, -0.05) is 97.7 Å². The van der Waals surface area contributed by atoms with Crippen molar-refractivity contribution in [1.82, 2.24) is 16.0 Å². The Morgan fingerprint density at radius 1 is 0.614 bits per heavy atom. The maximum absolute atomic E-state index is 13.1. The number of carboxylic acid groups (broad SMARTS) is 1. The molecule has 0 fully saturated rings. The molecule has 0 aliphatic heterocycles. The zero-order chi connectivity index (χ0) is 42.9. The van der Waals surface area contributed by atoms with Crippen LogP contribution in [0.2, 0.25) is 0 Å². The summed E-state index contributed by atoms with van der Waals surface area (Å²) in [5.74, 6) is -2.69. The van der Waals surface area contributed by atoms with Crippen molar-refractivity contribution < 1.29 is 33.8 Å². The molecular weight excluding hydrogens is 894 g/mol. The molecule has 3 amide bonds. The van der Waals surface area contributed by atoms with Crippen molar-refractivity contribution >= 4 is 84.2 Å². The summed E-state index contributed by atoms with van der Waals surface area (Å²) in [4.78, 5) is 65.5. The lowest BCUT2D eigenvalue weighted by Gasteiger charge is -2.24. The molecule has 4 rings (SSSR count). The minimum absolute atomic E-state index is 0.0349. The highest BCUT2D eigenvalue weighted by molar-refractivity contribution is 9.10. The minimum Gasteiger partial charge on any atom is -0.480 e. The first-order chi connectivity index (χ1) is 26.3. The van der Waals surface area contributed by atoms with Crippen LogP contribution in [0.4, 0.5) is 0 Å². The van der Waals surface area contributed by atoms with Crippen molar-refractivity contribution in [3.05, 3.63) is 112 Å². The minimum atomic E-state index is -1.04. The Kier molecular flexibility index (Phi) is 16.9. The molecule has 2 aromatic carbocycles. The second-order valence-corrected chi connectivity index (χ2v) is 20.6. The van der Waals surface area contributed by atoms with Crippen molar-refractivity contribution in [2.45, 2.75) is 117 Å². The second-order valence-electron chi connectivity index (χ2n) is 16.6. The van der Waals surface area contributed by atoms with Gasteiger partial charge in [0.15, 0.2) is 0 Å². The molecular formula is C43H53Br2N3O7S2. The lowest BCUT2D eigenvalue weighted by atomic mass is 9.95. The number of carbonyl (C=O) groups excluding carboxylic acids is 4. The predicted molar refractivity (Wildman–Crippen MR) is 235 cm³/mol. The number of hydrogen-bond acceptors (Lipinski definition) is 8. The first-order valence-electron chi connectivity index (χ1n) is 18.4. The molecule has 4 aromatic rings. The third-order valence-corrected chi connectivity index (χ3v) is 12.3. The second kappa shape index (κ2) is 20.2. The highest BCUT2D eigenvalue weighted by atomic mass is 79.9. The van der Waals surface area contributed by atoms with Crippen LogP contribution >= 0.6 is 54.5 Å². The predicted octanol–water partition coefficient (Wildman–Crippen LogP) is 9.23. The number of halogens is 2. The fourth-order valence-corrected chi connectivity index (χ4v) is 7.53. The molecule has 0 aliphatic rings. The molecule has 0 aliphatic carbocycles. The van der Waals surface area contributed by atoms with E-state index in [2.05, 4.69) is 89.4 Å². The zero-order valence-corrected chi connectivity index (χ0v) is 38.8. The van der Waals surface area contributed by atoms with E-state index in [0.29, 0.717) is 9.75 Å². The normalized spacial score (nSPS) is 13.3. The number of hydrogen-bond donors (Lipinski definition) is 4. The molecule has 0 radical (unpaired) electrons. The Labute approximate surface area is 360 Å². The van der Waals surface area contributed by atoms with Gasteiger partial charge < -0.3 is 25.8 Å². The van der Waals surface area contributed by atoms with E-state index in [9.17, 15) is 29.1 Å². The summed E-state index contributed by atoms with van der Waals surface area (Å²) in [7, 11) is 0. The number of carbonyl (C=O) groups is 5. The maximum atomic E-state index is 13.1. The van der Waals surface area contributed by atoms with Gasteiger partial charge in [0.05, 0.1) is 9.75 Å². The summed E-state index contributed by atoms with van der Waals surface area (Å²) in [6.07, 6.45) is 0.523. The number of ether oxygens (including phenoxy) is 1. The van der Waals surface area contributed by atoms with Crippen LogP contribution in [0.1, 0.15) is 109 Å². The zero-order valence-electron chi connectivity index (χ0n) is 34.0. The van der Waals surface area contributed by atoms with Gasteiger partial charge in [-0.05, 0) is 98.2 Å². The molecule has 0 spiro atoms. The van der Waals surface area contributed by atoms with Gasteiger partial charge in [-0.2, -0.15) is 0 Å². The fraction of sp³-hybridized carbons (Fsp3) is 0.419. The summed E-state index contributed by atoms with van der Waals surface area (Å²) >= 11 is 9.56. The van der Waals surface area contributed by atoms with Crippen molar-refractivity contribution in [3.63, 3.8) is 0 Å². The molecule has 3 atom stereocenters. The molecule has 0 saturated heterocycles. The molecule has 2 heterocycles. The summed E-state index contributed by atoms with van der Waals surface area (Å²) in [5, 5.41) is 17.6. The maximum Gasteiger partial charge on any atom is 0.328 e. The standard InChI is InChI=1S/C25H33BrN2O4S.C18H20BrNO3S/c1-15(23(31)32-25(5,6)7)27-21(29)18(14-16-8-10-17(26)11-9-16)28-22(30)19-12-13-20(33-19)24(2,3)4;1-18(2,3)15-9-8-14(24-15)16(21)20-13(17(22)23)10-11-4-6-12(19)7-5-11/h8-13,15,18H,14H2,1-7H3,(H,27,29)(H,28,30);4-9,13H,10H2,1-3H3,(H,20,21)(H,22,23)/t15-,18+;13-/m10/s1. The van der Waals surface area contributed by atoms with Gasteiger partial charge in [0.1, 0.15) is 23.7 Å². The first-order valence-corrected chi connectivity index (χ1v) is 21.6. The van der Waals surface area contributed by atoms with Gasteiger partial charge in [-0.25, -0.2) is 9.59 Å². The number of thiophene rings is 2. The van der Waals surface area contributed by atoms with Gasteiger partial charge >= 0.3 is 11.9 Å². The van der Waals surface area contributed by atoms with Crippen molar-refractivity contribution in [3.8, 4) is 0 Å². The van der Waals surface area contributed by atoms with Crippen LogP contribution in [0.25, 0.3) is 0 Å². The van der Waals surface area contributed by atoms with Crippen LogP contribution in [0, 0.1) is 0 Å². The Hall–Kier alpha value is -3.85. The number of esters is 1. The summed E-state index contributed by atoms with van der Waals surface area (Å²) in [6, 6.07) is 19.6. The third kappa shape index (κ3) is 15.8. The summed E-state index contributed by atoms with van der Waals surface area (Å²) in [6.45, 7) is 19.4. The van der Waals surface area contributed by atoms with Gasteiger partial charge in [-0.3, -0.25) is 14.4 Å². The van der Waals surface area contributed by atoms with Gasteiger partial charge in [0.25, 0.3) is 11.8 Å². The van der Waals surface area contributed by atoms with Crippen LogP contribution in [-0.2, 0) is 42.8 Å². The molecule has 0 unspecified atom stereocenters. The molecule has 0 saturated carbocycles. The summed E-state index contributed by atoms with van der Waals surface area (Å²) < 4.78 is 7.20. The van der Waals surface area contributed by atoms with Crippen molar-refractivity contribution in [2.75, 3.05) is 0 Å².